The number of nitrogens with one attached hydrogen (secondary N) is 2. The van der Waals surface area contributed by atoms with Gasteiger partial charge in [0, 0.05) is 17.5 Å². The van der Waals surface area contributed by atoms with Crippen LogP contribution in [-0.2, 0) is 0 Å². The van der Waals surface area contributed by atoms with Gasteiger partial charge in [-0.2, -0.15) is 16.7 Å². The Morgan fingerprint density at radius 2 is 2.35 bits per heavy atom. The molecule has 5 nitrogen and oxygen atoms in total. The zero-order valence-electron chi connectivity index (χ0n) is 9.61. The Morgan fingerprint density at radius 1 is 1.53 bits per heavy atom. The highest BCUT2D eigenvalue weighted by molar-refractivity contribution is 9.10. The fraction of sp³-hybridized carbons (Fsp3) is 0.600. The maximum atomic E-state index is 5.30. The van der Waals surface area contributed by atoms with E-state index in [9.17, 15) is 0 Å². The lowest BCUT2D eigenvalue weighted by atomic mass is 10.2. The molecule has 1 saturated carbocycles. The van der Waals surface area contributed by atoms with E-state index in [1.807, 2.05) is 11.8 Å². The number of halogens is 1. The number of nitrogens with zero attached hydrogens (tertiary/aromatic N) is 2. The lowest BCUT2D eigenvalue weighted by Gasteiger charge is -2.15. The summed E-state index contributed by atoms with van der Waals surface area (Å²) in [6, 6.07) is 0.490. The van der Waals surface area contributed by atoms with Crippen LogP contribution in [0.5, 0.6) is 0 Å². The van der Waals surface area contributed by atoms with Gasteiger partial charge in [0.15, 0.2) is 0 Å². The van der Waals surface area contributed by atoms with Crippen LogP contribution < -0.4 is 16.6 Å². The van der Waals surface area contributed by atoms with Gasteiger partial charge < -0.3 is 5.32 Å². The molecule has 1 fully saturated rings. The molecule has 0 bridgehead atoms. The molecule has 4 N–H and O–H groups in total. The van der Waals surface area contributed by atoms with Crippen LogP contribution >= 0.6 is 27.7 Å². The summed E-state index contributed by atoms with van der Waals surface area (Å²) in [5, 5.41) is 4.21. The number of nitrogen functional groups attached to an aromatic ring is 1. The zero-order valence-corrected chi connectivity index (χ0v) is 12.0. The van der Waals surface area contributed by atoms with Crippen molar-refractivity contribution in [3.05, 3.63) is 10.7 Å². The quantitative estimate of drug-likeness (QED) is 0.584. The lowest BCUT2D eigenvalue weighted by Crippen LogP contribution is -2.19. The SMILES string of the molecule is CSC1CCC(Nc2nc(NN)ncc2Br)C1. The monoisotopic (exact) mass is 317 g/mol. The van der Waals surface area contributed by atoms with Gasteiger partial charge in [-0.3, -0.25) is 5.43 Å². The van der Waals surface area contributed by atoms with Gasteiger partial charge in [0.1, 0.15) is 5.82 Å². The van der Waals surface area contributed by atoms with Gasteiger partial charge in [-0.05, 0) is 41.4 Å². The van der Waals surface area contributed by atoms with Gasteiger partial charge in [-0.25, -0.2) is 10.8 Å². The molecule has 1 aromatic heterocycles. The highest BCUT2D eigenvalue weighted by Crippen LogP contribution is 2.31. The Bertz CT molecular complexity index is 389. The van der Waals surface area contributed by atoms with Crippen molar-refractivity contribution >= 4 is 39.5 Å². The Balaban J connectivity index is 2.03. The lowest BCUT2D eigenvalue weighted by molar-refractivity contribution is 0.750. The van der Waals surface area contributed by atoms with E-state index in [2.05, 4.69) is 42.9 Å². The number of rotatable bonds is 4. The van der Waals surface area contributed by atoms with Crippen molar-refractivity contribution in [1.29, 1.82) is 0 Å². The predicted molar refractivity (Wildman–Crippen MR) is 76.1 cm³/mol. The van der Waals surface area contributed by atoms with Crippen LogP contribution in [0.15, 0.2) is 10.7 Å². The zero-order chi connectivity index (χ0) is 12.3. The van der Waals surface area contributed by atoms with Crippen molar-refractivity contribution in [1.82, 2.24) is 9.97 Å². The molecule has 0 spiro atoms. The minimum Gasteiger partial charge on any atom is -0.366 e. The molecule has 1 aromatic rings. The van der Waals surface area contributed by atoms with E-state index in [1.54, 1.807) is 6.20 Å². The summed E-state index contributed by atoms with van der Waals surface area (Å²) in [4.78, 5) is 8.32. The third-order valence-electron chi connectivity index (χ3n) is 2.93. The van der Waals surface area contributed by atoms with Gasteiger partial charge in [-0.15, -0.1) is 0 Å². The predicted octanol–water partition coefficient (Wildman–Crippen LogP) is 2.22. The average molecular weight is 318 g/mol. The van der Waals surface area contributed by atoms with E-state index >= 15 is 0 Å². The van der Waals surface area contributed by atoms with Crippen LogP contribution in [0.4, 0.5) is 11.8 Å². The van der Waals surface area contributed by atoms with Crippen LogP contribution in [0, 0.1) is 0 Å². The van der Waals surface area contributed by atoms with Gasteiger partial charge in [0.2, 0.25) is 5.95 Å². The second-order valence-corrected chi connectivity index (χ2v) is 6.04. The molecule has 0 aromatic carbocycles. The molecule has 1 heterocycles. The summed E-state index contributed by atoms with van der Waals surface area (Å²) in [6.45, 7) is 0. The van der Waals surface area contributed by atoms with Crippen LogP contribution in [-0.4, -0.2) is 27.5 Å². The third-order valence-corrected chi connectivity index (χ3v) is 4.61. The normalized spacial score (nSPS) is 23.7. The van der Waals surface area contributed by atoms with Crippen molar-refractivity contribution in [2.45, 2.75) is 30.6 Å². The first-order valence-corrected chi connectivity index (χ1v) is 7.59. The number of aromatic nitrogens is 2. The molecule has 2 rings (SSSR count). The maximum Gasteiger partial charge on any atom is 0.239 e. The molecule has 0 saturated heterocycles. The molecule has 0 aliphatic heterocycles. The first-order valence-electron chi connectivity index (χ1n) is 5.51. The largest absolute Gasteiger partial charge is 0.366 e. The van der Waals surface area contributed by atoms with E-state index < -0.39 is 0 Å². The average Bonchev–Trinajstić information content (AvgIpc) is 2.80. The number of hydrogen-bond acceptors (Lipinski definition) is 6. The minimum atomic E-state index is 0.426. The smallest absolute Gasteiger partial charge is 0.239 e. The molecule has 1 aliphatic rings. The first kappa shape index (κ1) is 12.9. The Kier molecular flexibility index (Phi) is 4.47. The molecule has 2 atom stereocenters. The Labute approximate surface area is 113 Å². The molecule has 0 radical (unpaired) electrons. The summed E-state index contributed by atoms with van der Waals surface area (Å²) >= 11 is 5.38. The summed E-state index contributed by atoms with van der Waals surface area (Å²) in [5.74, 6) is 6.53. The highest BCUT2D eigenvalue weighted by Gasteiger charge is 2.24. The standard InChI is InChI=1S/C10H16BrN5S/c1-17-7-3-2-6(4-7)14-9-8(11)5-13-10(15-9)16-12/h5-7H,2-4,12H2,1H3,(H2,13,14,15,16). The van der Waals surface area contributed by atoms with Crippen LogP contribution in [0.2, 0.25) is 0 Å². The topological polar surface area (TPSA) is 75.9 Å². The fourth-order valence-electron chi connectivity index (χ4n) is 2.02. The van der Waals surface area contributed by atoms with Gasteiger partial charge in [-0.1, -0.05) is 0 Å². The van der Waals surface area contributed by atoms with Crippen molar-refractivity contribution < 1.29 is 0 Å². The van der Waals surface area contributed by atoms with Crippen LogP contribution in [0.25, 0.3) is 0 Å². The van der Waals surface area contributed by atoms with Gasteiger partial charge in [0.05, 0.1) is 4.47 Å². The molecule has 2 unspecified atom stereocenters. The summed E-state index contributed by atoms with van der Waals surface area (Å²) < 4.78 is 0.865. The third kappa shape index (κ3) is 3.23. The number of hydrogen-bond donors (Lipinski definition) is 3. The summed E-state index contributed by atoms with van der Waals surface area (Å²) in [6.07, 6.45) is 7.51. The first-order chi connectivity index (χ1) is 8.22. The van der Waals surface area contributed by atoms with Gasteiger partial charge in [0.25, 0.3) is 0 Å². The molecule has 17 heavy (non-hydrogen) atoms. The second kappa shape index (κ2) is 5.88. The fourth-order valence-corrected chi connectivity index (χ4v) is 3.12. The molecule has 0 amide bonds. The Morgan fingerprint density at radius 3 is 3.00 bits per heavy atom. The van der Waals surface area contributed by atoms with E-state index in [0.29, 0.717) is 12.0 Å². The number of hydrazine groups is 1. The number of thioether (sulfide) groups is 1. The van der Waals surface area contributed by atoms with E-state index in [-0.39, 0.29) is 0 Å². The van der Waals surface area contributed by atoms with E-state index in [0.717, 1.165) is 15.5 Å². The second-order valence-electron chi connectivity index (χ2n) is 4.05. The molecule has 94 valence electrons. The Hall–Kier alpha value is -0.530. The van der Waals surface area contributed by atoms with Crippen molar-refractivity contribution in [3.8, 4) is 0 Å². The maximum absolute atomic E-state index is 5.30. The van der Waals surface area contributed by atoms with E-state index in [1.165, 1.54) is 19.3 Å². The molecule has 7 heteroatoms. The van der Waals surface area contributed by atoms with Crippen molar-refractivity contribution in [2.75, 3.05) is 17.0 Å². The van der Waals surface area contributed by atoms with Gasteiger partial charge >= 0.3 is 0 Å². The number of anilines is 2. The van der Waals surface area contributed by atoms with Crippen LogP contribution in [0.1, 0.15) is 19.3 Å². The van der Waals surface area contributed by atoms with Crippen LogP contribution in [0.3, 0.4) is 0 Å². The molecule has 1 aliphatic carbocycles. The summed E-state index contributed by atoms with van der Waals surface area (Å²) in [7, 11) is 0. The highest BCUT2D eigenvalue weighted by atomic mass is 79.9. The van der Waals surface area contributed by atoms with E-state index in [4.69, 9.17) is 5.84 Å². The van der Waals surface area contributed by atoms with Crippen molar-refractivity contribution in [3.63, 3.8) is 0 Å². The number of nitrogens with two attached hydrogens (primary N) is 1. The minimum absolute atomic E-state index is 0.426. The molecular weight excluding hydrogens is 302 g/mol. The molecular formula is C10H16BrN5S. The van der Waals surface area contributed by atoms with Crippen molar-refractivity contribution in [2.24, 2.45) is 5.84 Å². The summed E-state index contributed by atoms with van der Waals surface area (Å²) in [5.41, 5.74) is 2.45.